The largest absolute Gasteiger partial charge is 0.260 e. The van der Waals surface area contributed by atoms with Crippen LogP contribution in [0.3, 0.4) is 0 Å². The van der Waals surface area contributed by atoms with E-state index in [2.05, 4.69) is 0 Å². The van der Waals surface area contributed by atoms with Crippen molar-refractivity contribution in [3.63, 3.8) is 0 Å². The van der Waals surface area contributed by atoms with Crippen LogP contribution in [-0.2, 0) is 0 Å². The monoisotopic (exact) mass is 136 g/mol. The molecule has 4 heteroatoms. The van der Waals surface area contributed by atoms with Gasteiger partial charge in [-0.25, -0.2) is 13.7 Å². The average Bonchev–Trinajstić information content (AvgIpc) is 1.98. The highest BCUT2D eigenvalue weighted by atomic mass is 19.2. The smallest absolute Gasteiger partial charge is 0.212 e. The second-order valence-corrected chi connectivity index (χ2v) is 2.35. The number of rotatable bonds is 0. The molecule has 9 heavy (non-hydrogen) atoms. The first-order chi connectivity index (χ1) is 4.13. The number of hydrogen-bond acceptors (Lipinski definition) is 2. The summed E-state index contributed by atoms with van der Waals surface area (Å²) < 4.78 is 25.0. The lowest BCUT2D eigenvalue weighted by Gasteiger charge is -2.15. The zero-order valence-electron chi connectivity index (χ0n) is 5.51. The molecular weight excluding hydrogens is 126 g/mol. The molecule has 0 saturated carbocycles. The lowest BCUT2D eigenvalue weighted by atomic mass is 10.6. The Morgan fingerprint density at radius 2 is 1.89 bits per heavy atom. The van der Waals surface area contributed by atoms with Crippen molar-refractivity contribution in [2.45, 2.75) is 12.7 Å². The molecule has 0 aromatic heterocycles. The van der Waals surface area contributed by atoms with E-state index in [1.54, 1.807) is 7.05 Å². The number of likely N-dealkylation sites (N-methyl/N-ethyl adjacent to an activating group) is 2. The normalized spacial score (nSPS) is 40.0. The van der Waals surface area contributed by atoms with Gasteiger partial charge in [-0.3, -0.25) is 4.90 Å². The lowest BCUT2D eigenvalue weighted by molar-refractivity contribution is 0.0172. The van der Waals surface area contributed by atoms with Gasteiger partial charge in [0.15, 0.2) is 6.30 Å². The molecule has 0 aromatic carbocycles. The van der Waals surface area contributed by atoms with Crippen LogP contribution < -0.4 is 0 Å². The second kappa shape index (κ2) is 2.19. The first kappa shape index (κ1) is 6.89. The number of hydrogen-bond donors (Lipinski definition) is 0. The molecule has 2 unspecified atom stereocenters. The minimum Gasteiger partial charge on any atom is -0.260 e. The number of nitrogens with zero attached hydrogens (tertiary/aromatic N) is 2. The summed E-state index contributed by atoms with van der Waals surface area (Å²) in [5.74, 6) is 0. The maximum absolute atomic E-state index is 12.6. The van der Waals surface area contributed by atoms with E-state index in [1.165, 1.54) is 11.9 Å². The Labute approximate surface area is 53.0 Å². The highest BCUT2D eigenvalue weighted by Gasteiger charge is 2.34. The van der Waals surface area contributed by atoms with E-state index < -0.39 is 12.7 Å². The minimum atomic E-state index is -1.25. The molecule has 0 aliphatic carbocycles. The third kappa shape index (κ3) is 1.04. The zero-order chi connectivity index (χ0) is 7.02. The Morgan fingerprint density at radius 3 is 2.00 bits per heavy atom. The summed E-state index contributed by atoms with van der Waals surface area (Å²) in [6.45, 7) is 0.164. The first-order valence-corrected chi connectivity index (χ1v) is 2.83. The molecule has 1 aliphatic heterocycles. The number of alkyl halides is 2. The van der Waals surface area contributed by atoms with Gasteiger partial charge in [-0.2, -0.15) is 0 Å². The quantitative estimate of drug-likeness (QED) is 0.445. The van der Waals surface area contributed by atoms with Gasteiger partial charge in [0.25, 0.3) is 0 Å². The van der Waals surface area contributed by atoms with E-state index in [-0.39, 0.29) is 6.54 Å². The highest BCUT2D eigenvalue weighted by molar-refractivity contribution is 4.72. The molecule has 1 saturated heterocycles. The third-order valence-electron chi connectivity index (χ3n) is 1.58. The lowest BCUT2D eigenvalue weighted by Crippen LogP contribution is -2.31. The molecule has 0 radical (unpaired) electrons. The van der Waals surface area contributed by atoms with E-state index in [9.17, 15) is 8.78 Å². The van der Waals surface area contributed by atoms with Crippen LogP contribution in [0.2, 0.25) is 0 Å². The van der Waals surface area contributed by atoms with Crippen molar-refractivity contribution in [3.05, 3.63) is 0 Å². The molecule has 1 heterocycles. The first-order valence-electron chi connectivity index (χ1n) is 2.83. The van der Waals surface area contributed by atoms with Crippen LogP contribution in [0.25, 0.3) is 0 Å². The Balaban J connectivity index is 2.54. The Kier molecular flexibility index (Phi) is 1.68. The van der Waals surface area contributed by atoms with E-state index in [4.69, 9.17) is 0 Å². The van der Waals surface area contributed by atoms with Crippen LogP contribution >= 0.6 is 0 Å². The molecule has 0 N–H and O–H groups in total. The van der Waals surface area contributed by atoms with Gasteiger partial charge in [-0.15, -0.1) is 0 Å². The maximum atomic E-state index is 12.6. The van der Waals surface area contributed by atoms with Crippen molar-refractivity contribution in [1.29, 1.82) is 0 Å². The van der Waals surface area contributed by atoms with E-state index in [0.29, 0.717) is 0 Å². The van der Waals surface area contributed by atoms with Gasteiger partial charge >= 0.3 is 0 Å². The van der Waals surface area contributed by atoms with Gasteiger partial charge in [0.2, 0.25) is 6.42 Å². The van der Waals surface area contributed by atoms with Crippen molar-refractivity contribution in [2.75, 3.05) is 20.6 Å². The van der Waals surface area contributed by atoms with E-state index in [1.807, 2.05) is 0 Å². The van der Waals surface area contributed by atoms with E-state index >= 15 is 0 Å². The average molecular weight is 136 g/mol. The molecule has 2 nitrogen and oxygen atoms in total. The summed E-state index contributed by atoms with van der Waals surface area (Å²) in [5, 5.41) is 0. The second-order valence-electron chi connectivity index (χ2n) is 2.35. The summed E-state index contributed by atoms with van der Waals surface area (Å²) in [4.78, 5) is 2.38. The van der Waals surface area contributed by atoms with Crippen LogP contribution in [0.1, 0.15) is 0 Å². The fraction of sp³-hybridized carbons (Fsp3) is 1.00. The predicted molar refractivity (Wildman–Crippen MR) is 30.2 cm³/mol. The van der Waals surface area contributed by atoms with Gasteiger partial charge in [0.1, 0.15) is 0 Å². The Morgan fingerprint density at radius 1 is 1.33 bits per heavy atom. The minimum absolute atomic E-state index is 0.164. The van der Waals surface area contributed by atoms with Crippen LogP contribution in [-0.4, -0.2) is 43.2 Å². The van der Waals surface area contributed by atoms with Gasteiger partial charge in [-0.05, 0) is 14.1 Å². The van der Waals surface area contributed by atoms with Crippen LogP contribution in [0.15, 0.2) is 0 Å². The number of halogens is 2. The molecular formula is C5H10F2N2. The summed E-state index contributed by atoms with van der Waals surface area (Å²) in [5.41, 5.74) is 0. The standard InChI is InChI=1S/C5H10F2N2/c1-8-3-4(6)9(2)5(8)7/h4-5H,3H2,1-2H3. The fourth-order valence-electron chi connectivity index (χ4n) is 0.898. The van der Waals surface area contributed by atoms with Gasteiger partial charge < -0.3 is 0 Å². The Bertz CT molecular complexity index is 97.1. The molecule has 0 aromatic rings. The van der Waals surface area contributed by atoms with Crippen LogP contribution in [0, 0.1) is 0 Å². The van der Waals surface area contributed by atoms with Gasteiger partial charge in [0, 0.05) is 6.54 Å². The molecule has 1 fully saturated rings. The van der Waals surface area contributed by atoms with E-state index in [0.717, 1.165) is 4.90 Å². The topological polar surface area (TPSA) is 6.48 Å². The highest BCUT2D eigenvalue weighted by Crippen LogP contribution is 2.17. The molecule has 0 amide bonds. The molecule has 54 valence electrons. The summed E-state index contributed by atoms with van der Waals surface area (Å²) in [7, 11) is 2.99. The summed E-state index contributed by atoms with van der Waals surface area (Å²) in [6, 6.07) is 0. The molecule has 1 aliphatic rings. The third-order valence-corrected chi connectivity index (χ3v) is 1.58. The SMILES string of the molecule is CN1CC(F)N(C)C1F. The van der Waals surface area contributed by atoms with Crippen molar-refractivity contribution in [1.82, 2.24) is 9.80 Å². The zero-order valence-corrected chi connectivity index (χ0v) is 5.51. The molecule has 0 bridgehead atoms. The Hall–Kier alpha value is -0.220. The summed E-state index contributed by atoms with van der Waals surface area (Å²) in [6.07, 6.45) is -2.40. The maximum Gasteiger partial charge on any atom is 0.212 e. The van der Waals surface area contributed by atoms with Crippen LogP contribution in [0.4, 0.5) is 8.78 Å². The van der Waals surface area contributed by atoms with Crippen molar-refractivity contribution < 1.29 is 8.78 Å². The van der Waals surface area contributed by atoms with Gasteiger partial charge in [0.05, 0.1) is 0 Å². The molecule has 1 rings (SSSR count). The van der Waals surface area contributed by atoms with Crippen LogP contribution in [0.5, 0.6) is 0 Å². The van der Waals surface area contributed by atoms with Gasteiger partial charge in [-0.1, -0.05) is 0 Å². The molecule has 2 atom stereocenters. The predicted octanol–water partition coefficient (Wildman–Crippen LogP) is 0.412. The fourth-order valence-corrected chi connectivity index (χ4v) is 0.898. The summed E-state index contributed by atoms with van der Waals surface area (Å²) >= 11 is 0. The van der Waals surface area contributed by atoms with Crippen molar-refractivity contribution in [3.8, 4) is 0 Å². The van der Waals surface area contributed by atoms with Crippen molar-refractivity contribution in [2.24, 2.45) is 0 Å². The van der Waals surface area contributed by atoms with Crippen molar-refractivity contribution >= 4 is 0 Å². The molecule has 0 spiro atoms.